The Hall–Kier alpha value is -4.15. The lowest BCUT2D eigenvalue weighted by Crippen LogP contribution is -2.33. The van der Waals surface area contributed by atoms with Gasteiger partial charge in [-0.15, -0.1) is 0 Å². The Labute approximate surface area is 251 Å². The number of aromatic hydroxyl groups is 1. The molecule has 1 aromatic heterocycles. The average Bonchev–Trinajstić information content (AvgIpc) is 3.40. The Balaban J connectivity index is 1.41. The van der Waals surface area contributed by atoms with Crippen LogP contribution >= 0.6 is 23.1 Å². The van der Waals surface area contributed by atoms with Crippen LogP contribution in [0.25, 0.3) is 0 Å². The Bertz CT molecular complexity index is 1740. The second-order valence-corrected chi connectivity index (χ2v) is 13.6. The van der Waals surface area contributed by atoms with Gasteiger partial charge in [0.2, 0.25) is 17.7 Å². The van der Waals surface area contributed by atoms with Gasteiger partial charge in [0.1, 0.15) is 17.5 Å². The zero-order chi connectivity index (χ0) is 29.8. The van der Waals surface area contributed by atoms with Crippen molar-refractivity contribution >= 4 is 52.2 Å². The van der Waals surface area contributed by atoms with Crippen LogP contribution < -0.4 is 15.1 Å². The first-order valence-electron chi connectivity index (χ1n) is 13.6. The Morgan fingerprint density at radius 2 is 1.57 bits per heavy atom. The summed E-state index contributed by atoms with van der Waals surface area (Å²) in [4.78, 5) is 55.8. The second-order valence-electron chi connectivity index (χ2n) is 11.5. The van der Waals surface area contributed by atoms with E-state index in [0.29, 0.717) is 21.3 Å². The van der Waals surface area contributed by atoms with Crippen molar-refractivity contribution in [3.8, 4) is 5.75 Å². The summed E-state index contributed by atoms with van der Waals surface area (Å²) in [5, 5.41) is 12.1. The summed E-state index contributed by atoms with van der Waals surface area (Å²) in [6.45, 7) is 6.12. The number of phenols is 1. The minimum atomic E-state index is -0.752. The second kappa shape index (κ2) is 10.6. The predicted octanol–water partition coefficient (Wildman–Crippen LogP) is 5.35. The predicted molar refractivity (Wildman–Crippen MR) is 164 cm³/mol. The van der Waals surface area contributed by atoms with Crippen LogP contribution in [0.1, 0.15) is 42.7 Å². The van der Waals surface area contributed by atoms with Crippen molar-refractivity contribution in [1.82, 2.24) is 4.57 Å². The van der Waals surface area contributed by atoms with E-state index in [1.165, 1.54) is 33.4 Å². The van der Waals surface area contributed by atoms with Gasteiger partial charge in [-0.05, 0) is 52.9 Å². The number of hydrogen-bond donors (Lipinski definition) is 2. The van der Waals surface area contributed by atoms with Crippen molar-refractivity contribution in [2.45, 2.75) is 48.9 Å². The van der Waals surface area contributed by atoms with Gasteiger partial charge in [-0.1, -0.05) is 86.3 Å². The number of hydrogen-bond acceptors (Lipinski definition) is 7. The van der Waals surface area contributed by atoms with E-state index in [9.17, 15) is 24.3 Å². The van der Waals surface area contributed by atoms with Gasteiger partial charge in [0.05, 0.1) is 16.6 Å². The lowest BCUT2D eigenvalue weighted by atomic mass is 9.81. The largest absolute Gasteiger partial charge is 0.508 e. The van der Waals surface area contributed by atoms with Crippen LogP contribution in [0.15, 0.2) is 88.7 Å². The molecule has 2 aliphatic rings. The third-order valence-electron chi connectivity index (χ3n) is 7.65. The van der Waals surface area contributed by atoms with E-state index in [-0.39, 0.29) is 34.4 Å². The summed E-state index contributed by atoms with van der Waals surface area (Å²) in [7, 11) is 0. The molecule has 0 radical (unpaired) electrons. The molecule has 1 saturated heterocycles. The fourth-order valence-electron chi connectivity index (χ4n) is 5.53. The number of thiazole rings is 1. The molecule has 2 aliphatic heterocycles. The van der Waals surface area contributed by atoms with Crippen molar-refractivity contribution < 1.29 is 19.5 Å². The quantitative estimate of drug-likeness (QED) is 0.237. The number of benzene rings is 3. The third kappa shape index (κ3) is 4.94. The van der Waals surface area contributed by atoms with Gasteiger partial charge in [0.15, 0.2) is 0 Å². The minimum Gasteiger partial charge on any atom is -0.508 e. The number of nitrogens with one attached hydrogen (secondary N) is 1. The molecule has 6 rings (SSSR count). The van der Waals surface area contributed by atoms with Gasteiger partial charge < -0.3 is 10.4 Å². The number of anilines is 2. The van der Waals surface area contributed by atoms with Crippen LogP contribution in [0.4, 0.5) is 11.4 Å². The lowest BCUT2D eigenvalue weighted by Gasteiger charge is -2.31. The molecule has 3 amide bonds. The highest BCUT2D eigenvalue weighted by atomic mass is 32.2. The van der Waals surface area contributed by atoms with E-state index in [0.717, 1.165) is 22.5 Å². The maximum absolute atomic E-state index is 14.0. The van der Waals surface area contributed by atoms with Crippen molar-refractivity contribution in [1.29, 1.82) is 0 Å². The number of amides is 3. The molecule has 0 bridgehead atoms. The molecule has 3 aromatic carbocycles. The lowest BCUT2D eigenvalue weighted by molar-refractivity contribution is -0.122. The molecule has 0 aliphatic carbocycles. The number of para-hydroxylation sites is 1. The zero-order valence-corrected chi connectivity index (χ0v) is 24.9. The summed E-state index contributed by atoms with van der Waals surface area (Å²) in [5.41, 5.74) is 2.90. The molecule has 8 nitrogen and oxygen atoms in total. The number of fused-ring (bicyclic) bond motifs is 2. The summed E-state index contributed by atoms with van der Waals surface area (Å²) >= 11 is 2.21. The summed E-state index contributed by atoms with van der Waals surface area (Å²) in [6.07, 6.45) is 0. The normalized spacial score (nSPS) is 19.9. The first kappa shape index (κ1) is 28.0. The highest BCUT2D eigenvalue weighted by Gasteiger charge is 2.56. The average molecular weight is 600 g/mol. The number of aromatic nitrogens is 1. The Morgan fingerprint density at radius 1 is 0.905 bits per heavy atom. The number of rotatable bonds is 5. The van der Waals surface area contributed by atoms with Crippen LogP contribution in [-0.4, -0.2) is 32.6 Å². The summed E-state index contributed by atoms with van der Waals surface area (Å²) in [5.74, 6) is -2.20. The van der Waals surface area contributed by atoms with Crippen molar-refractivity contribution in [2.24, 2.45) is 5.92 Å². The van der Waals surface area contributed by atoms with Gasteiger partial charge in [-0.2, -0.15) is 0 Å². The van der Waals surface area contributed by atoms with Crippen LogP contribution in [0.5, 0.6) is 5.75 Å². The van der Waals surface area contributed by atoms with Gasteiger partial charge in [0, 0.05) is 16.5 Å². The monoisotopic (exact) mass is 599 g/mol. The molecular weight excluding hydrogens is 571 g/mol. The fraction of sp³-hybridized carbons (Fsp3) is 0.250. The maximum Gasteiger partial charge on any atom is 0.308 e. The highest BCUT2D eigenvalue weighted by molar-refractivity contribution is 8.00. The van der Waals surface area contributed by atoms with E-state index in [4.69, 9.17) is 0 Å². The topological polar surface area (TPSA) is 109 Å². The molecule has 214 valence electrons. The van der Waals surface area contributed by atoms with Gasteiger partial charge in [-0.3, -0.25) is 23.7 Å². The standard InChI is InChI=1S/C32H29N3O5S2/c1-32(2,3)19-11-9-18(10-12-19)24-25-26(29(39)35(28(25)38)21-7-5-4-6-8-21)41-30-27(24)42-31(40)34(30)17-23(37)33-20-13-15-22(36)16-14-20/h4-16,24-26,36H,17H2,1-3H3,(H,33,37)/t24-,25-,26+/m0/s1. The van der Waals surface area contributed by atoms with E-state index in [1.54, 1.807) is 36.4 Å². The molecule has 3 atom stereocenters. The fourth-order valence-corrected chi connectivity index (χ4v) is 8.30. The van der Waals surface area contributed by atoms with Crippen LogP contribution in [0.3, 0.4) is 0 Å². The number of nitrogens with zero attached hydrogens (tertiary/aromatic N) is 2. The molecule has 1 fully saturated rings. The van der Waals surface area contributed by atoms with Gasteiger partial charge in [-0.25, -0.2) is 4.90 Å². The smallest absolute Gasteiger partial charge is 0.308 e. The Morgan fingerprint density at radius 3 is 2.21 bits per heavy atom. The number of carbonyl (C=O) groups excluding carboxylic acids is 3. The molecule has 0 saturated carbocycles. The number of phenolic OH excluding ortho intramolecular Hbond substituents is 1. The number of thioether (sulfide) groups is 1. The number of imide groups is 1. The van der Waals surface area contributed by atoms with E-state index in [2.05, 4.69) is 26.1 Å². The van der Waals surface area contributed by atoms with E-state index >= 15 is 0 Å². The van der Waals surface area contributed by atoms with Crippen LogP contribution in [0, 0.1) is 5.92 Å². The van der Waals surface area contributed by atoms with E-state index < -0.39 is 23.0 Å². The van der Waals surface area contributed by atoms with Gasteiger partial charge >= 0.3 is 4.87 Å². The third-order valence-corrected chi connectivity index (χ3v) is 10.3. The highest BCUT2D eigenvalue weighted by Crippen LogP contribution is 2.54. The molecule has 0 unspecified atom stereocenters. The molecule has 42 heavy (non-hydrogen) atoms. The van der Waals surface area contributed by atoms with Crippen molar-refractivity contribution in [2.75, 3.05) is 10.2 Å². The molecule has 4 aromatic rings. The van der Waals surface area contributed by atoms with Crippen molar-refractivity contribution in [3.63, 3.8) is 0 Å². The summed E-state index contributed by atoms with van der Waals surface area (Å²) < 4.78 is 1.40. The van der Waals surface area contributed by atoms with Crippen LogP contribution in [0.2, 0.25) is 0 Å². The SMILES string of the molecule is CC(C)(C)c1ccc([C@@H]2c3sc(=O)n(CC(=O)Nc4ccc(O)cc4)c3S[C@H]3C(=O)N(c4ccccc4)C(=O)[C@@H]23)cc1. The molecule has 3 heterocycles. The first-order valence-corrected chi connectivity index (χ1v) is 15.2. The molecule has 0 spiro atoms. The summed E-state index contributed by atoms with van der Waals surface area (Å²) in [6, 6.07) is 23.0. The number of carbonyl (C=O) groups is 3. The molecular formula is C32H29N3O5S2. The van der Waals surface area contributed by atoms with E-state index in [1.807, 2.05) is 30.3 Å². The van der Waals surface area contributed by atoms with Crippen molar-refractivity contribution in [3.05, 3.63) is 105 Å². The van der Waals surface area contributed by atoms with Crippen LogP contribution in [-0.2, 0) is 26.3 Å². The molecule has 10 heteroatoms. The zero-order valence-electron chi connectivity index (χ0n) is 23.2. The van der Waals surface area contributed by atoms with Gasteiger partial charge in [0.25, 0.3) is 0 Å². The minimum absolute atomic E-state index is 0.0725. The maximum atomic E-state index is 14.0. The Kier molecular flexibility index (Phi) is 7.06. The first-order chi connectivity index (χ1) is 20.0. The molecule has 2 N–H and O–H groups in total.